The number of likely N-dealkylation sites (tertiary alicyclic amines) is 1. The number of hydrogen-bond donors (Lipinski definition) is 1. The maximum atomic E-state index is 13.5. The van der Waals surface area contributed by atoms with Gasteiger partial charge in [0.25, 0.3) is 0 Å². The third-order valence-electron chi connectivity index (χ3n) is 3.43. The first-order valence-corrected chi connectivity index (χ1v) is 6.58. The highest BCUT2D eigenvalue weighted by molar-refractivity contribution is 5.89. The van der Waals surface area contributed by atoms with Crippen LogP contribution in [-0.2, 0) is 0 Å². The highest BCUT2D eigenvalue weighted by atomic mass is 19.2. The molecule has 2 rings (SSSR count). The highest BCUT2D eigenvalue weighted by Gasteiger charge is 2.26. The summed E-state index contributed by atoms with van der Waals surface area (Å²) in [6, 6.07) is 1.31. The van der Waals surface area contributed by atoms with Gasteiger partial charge < -0.3 is 10.2 Å². The number of nitrogens with zero attached hydrogens (tertiary/aromatic N) is 1. The van der Waals surface area contributed by atoms with Crippen molar-refractivity contribution in [2.75, 3.05) is 18.4 Å². The first-order chi connectivity index (χ1) is 9.38. The number of piperidine rings is 1. The molecule has 1 N–H and O–H groups in total. The van der Waals surface area contributed by atoms with E-state index < -0.39 is 23.5 Å². The molecular formula is C14H17F3N2O. The number of carbonyl (C=O) groups is 1. The van der Waals surface area contributed by atoms with Crippen molar-refractivity contribution in [3.05, 3.63) is 29.6 Å². The molecule has 1 heterocycles. The lowest BCUT2D eigenvalue weighted by molar-refractivity contribution is 0.156. The Kier molecular flexibility index (Phi) is 4.20. The maximum absolute atomic E-state index is 13.5. The van der Waals surface area contributed by atoms with Gasteiger partial charge in [-0.1, -0.05) is 13.8 Å². The number of carbonyl (C=O) groups excluding carboxylic acids is 1. The minimum absolute atomic E-state index is 0.347. The van der Waals surface area contributed by atoms with Crippen LogP contribution in [0.5, 0.6) is 0 Å². The molecule has 2 atom stereocenters. The van der Waals surface area contributed by atoms with E-state index in [0.29, 0.717) is 24.9 Å². The van der Waals surface area contributed by atoms with Gasteiger partial charge in [0.1, 0.15) is 0 Å². The van der Waals surface area contributed by atoms with E-state index in [0.717, 1.165) is 18.6 Å². The zero-order valence-corrected chi connectivity index (χ0v) is 11.4. The molecule has 110 valence electrons. The van der Waals surface area contributed by atoms with Crippen LogP contribution in [0.2, 0.25) is 0 Å². The van der Waals surface area contributed by atoms with E-state index >= 15 is 0 Å². The van der Waals surface area contributed by atoms with Gasteiger partial charge >= 0.3 is 6.03 Å². The van der Waals surface area contributed by atoms with Crippen LogP contribution in [0.15, 0.2) is 12.1 Å². The molecule has 2 amide bonds. The summed E-state index contributed by atoms with van der Waals surface area (Å²) in [7, 11) is 0. The lowest BCUT2D eigenvalue weighted by Gasteiger charge is -2.34. The topological polar surface area (TPSA) is 32.3 Å². The first kappa shape index (κ1) is 14.7. The summed E-state index contributed by atoms with van der Waals surface area (Å²) in [5.41, 5.74) is -0.347. The van der Waals surface area contributed by atoms with E-state index in [1.807, 2.05) is 13.8 Å². The Hall–Kier alpha value is -1.72. The summed E-state index contributed by atoms with van der Waals surface area (Å²) >= 11 is 0. The third kappa shape index (κ3) is 3.05. The molecular weight excluding hydrogens is 269 g/mol. The Morgan fingerprint density at radius 1 is 1.15 bits per heavy atom. The van der Waals surface area contributed by atoms with E-state index in [1.54, 1.807) is 4.90 Å². The molecule has 0 saturated carbocycles. The molecule has 3 nitrogen and oxygen atoms in total. The number of amides is 2. The summed E-state index contributed by atoms with van der Waals surface area (Å²) < 4.78 is 39.4. The monoisotopic (exact) mass is 286 g/mol. The van der Waals surface area contributed by atoms with Gasteiger partial charge in [-0.3, -0.25) is 0 Å². The van der Waals surface area contributed by atoms with Gasteiger partial charge in [-0.25, -0.2) is 18.0 Å². The van der Waals surface area contributed by atoms with Crippen molar-refractivity contribution in [1.29, 1.82) is 0 Å². The highest BCUT2D eigenvalue weighted by Crippen LogP contribution is 2.23. The molecule has 0 aromatic heterocycles. The van der Waals surface area contributed by atoms with Crippen molar-refractivity contribution >= 4 is 11.7 Å². The summed E-state index contributed by atoms with van der Waals surface area (Å²) in [5, 5.41) is 2.29. The van der Waals surface area contributed by atoms with Crippen molar-refractivity contribution < 1.29 is 18.0 Å². The van der Waals surface area contributed by atoms with Crippen LogP contribution in [0.25, 0.3) is 0 Å². The van der Waals surface area contributed by atoms with Crippen LogP contribution in [0.3, 0.4) is 0 Å². The molecule has 1 aliphatic rings. The smallest absolute Gasteiger partial charge is 0.321 e. The Bertz CT molecular complexity index is 511. The van der Waals surface area contributed by atoms with Crippen LogP contribution in [-0.4, -0.2) is 24.0 Å². The standard InChI is InChI=1S/C14H17F3N2O/c1-8-5-9(2)7-19(6-8)14(20)18-11-4-3-10(15)12(16)13(11)17/h3-4,8-9H,5-7H2,1-2H3,(H,18,20). The third-order valence-corrected chi connectivity index (χ3v) is 3.43. The maximum Gasteiger partial charge on any atom is 0.321 e. The molecule has 2 unspecified atom stereocenters. The average Bonchev–Trinajstić information content (AvgIpc) is 2.38. The minimum atomic E-state index is -1.58. The van der Waals surface area contributed by atoms with E-state index in [9.17, 15) is 18.0 Å². The molecule has 1 fully saturated rings. The zero-order chi connectivity index (χ0) is 14.9. The van der Waals surface area contributed by atoms with Gasteiger partial charge in [0, 0.05) is 13.1 Å². The van der Waals surface area contributed by atoms with Crippen LogP contribution in [0.4, 0.5) is 23.7 Å². The van der Waals surface area contributed by atoms with Gasteiger partial charge in [-0.15, -0.1) is 0 Å². The summed E-state index contributed by atoms with van der Waals surface area (Å²) in [6.07, 6.45) is 1.03. The average molecular weight is 286 g/mol. The van der Waals surface area contributed by atoms with Crippen molar-refractivity contribution in [2.24, 2.45) is 11.8 Å². The Morgan fingerprint density at radius 2 is 1.75 bits per heavy atom. The fraction of sp³-hybridized carbons (Fsp3) is 0.500. The second kappa shape index (κ2) is 5.73. The molecule has 0 spiro atoms. The quantitative estimate of drug-likeness (QED) is 0.786. The molecule has 0 bridgehead atoms. The van der Waals surface area contributed by atoms with E-state index in [2.05, 4.69) is 5.32 Å². The molecule has 1 aromatic rings. The van der Waals surface area contributed by atoms with Gasteiger partial charge in [0.05, 0.1) is 5.69 Å². The lowest BCUT2D eigenvalue weighted by Crippen LogP contribution is -2.44. The van der Waals surface area contributed by atoms with Gasteiger partial charge in [-0.2, -0.15) is 0 Å². The largest absolute Gasteiger partial charge is 0.324 e. The first-order valence-electron chi connectivity index (χ1n) is 6.58. The van der Waals surface area contributed by atoms with Crippen molar-refractivity contribution in [3.8, 4) is 0 Å². The normalized spacial score (nSPS) is 22.8. The summed E-state index contributed by atoms with van der Waals surface area (Å²) in [5.74, 6) is -3.51. The van der Waals surface area contributed by atoms with Crippen molar-refractivity contribution in [2.45, 2.75) is 20.3 Å². The second-order valence-electron chi connectivity index (χ2n) is 5.50. The second-order valence-corrected chi connectivity index (χ2v) is 5.50. The fourth-order valence-corrected chi connectivity index (χ4v) is 2.65. The molecule has 1 saturated heterocycles. The number of nitrogens with one attached hydrogen (secondary N) is 1. The van der Waals surface area contributed by atoms with Crippen LogP contribution < -0.4 is 5.32 Å². The van der Waals surface area contributed by atoms with E-state index in [1.165, 1.54) is 0 Å². The predicted molar refractivity (Wildman–Crippen MR) is 69.9 cm³/mol. The number of benzene rings is 1. The van der Waals surface area contributed by atoms with Gasteiger partial charge in [0.2, 0.25) is 0 Å². The molecule has 20 heavy (non-hydrogen) atoms. The minimum Gasteiger partial charge on any atom is -0.324 e. The molecule has 6 heteroatoms. The Labute approximate surface area is 115 Å². The Morgan fingerprint density at radius 3 is 2.35 bits per heavy atom. The van der Waals surface area contributed by atoms with Gasteiger partial charge in [0.15, 0.2) is 17.5 Å². The number of hydrogen-bond acceptors (Lipinski definition) is 1. The lowest BCUT2D eigenvalue weighted by atomic mass is 9.92. The van der Waals surface area contributed by atoms with Crippen LogP contribution >= 0.6 is 0 Å². The fourth-order valence-electron chi connectivity index (χ4n) is 2.65. The number of urea groups is 1. The molecule has 0 radical (unpaired) electrons. The zero-order valence-electron chi connectivity index (χ0n) is 11.4. The molecule has 1 aromatic carbocycles. The summed E-state index contributed by atoms with van der Waals surface area (Å²) in [6.45, 7) is 5.21. The number of rotatable bonds is 1. The van der Waals surface area contributed by atoms with Crippen LogP contribution in [0.1, 0.15) is 20.3 Å². The van der Waals surface area contributed by atoms with Crippen molar-refractivity contribution in [3.63, 3.8) is 0 Å². The van der Waals surface area contributed by atoms with Crippen molar-refractivity contribution in [1.82, 2.24) is 4.90 Å². The Balaban J connectivity index is 2.10. The predicted octanol–water partition coefficient (Wildman–Crippen LogP) is 3.61. The van der Waals surface area contributed by atoms with E-state index in [4.69, 9.17) is 0 Å². The van der Waals surface area contributed by atoms with Gasteiger partial charge in [-0.05, 0) is 30.4 Å². The SMILES string of the molecule is CC1CC(C)CN(C(=O)Nc2ccc(F)c(F)c2F)C1. The summed E-state index contributed by atoms with van der Waals surface area (Å²) in [4.78, 5) is 13.6. The molecule has 0 aliphatic carbocycles. The number of halogens is 3. The molecule has 1 aliphatic heterocycles. The van der Waals surface area contributed by atoms with E-state index in [-0.39, 0.29) is 5.69 Å². The number of anilines is 1. The van der Waals surface area contributed by atoms with Crippen LogP contribution in [0, 0.1) is 29.3 Å².